The molecule has 0 heterocycles. The van der Waals surface area contributed by atoms with Crippen LogP contribution in [-0.4, -0.2) is 34.2 Å². The molecular weight excluding hydrogens is 152 g/mol. The third kappa shape index (κ3) is 1.39. The van der Waals surface area contributed by atoms with E-state index >= 15 is 0 Å². The largest absolute Gasteiger partial charge is 0.481 e. The molecule has 1 aliphatic carbocycles. The van der Waals surface area contributed by atoms with Crippen molar-refractivity contribution in [2.45, 2.75) is 12.5 Å². The van der Waals surface area contributed by atoms with Gasteiger partial charge in [-0.25, -0.2) is 10.1 Å². The number of nitrogens with zero attached hydrogens (tertiary/aromatic N) is 2. The van der Waals surface area contributed by atoms with Crippen molar-refractivity contribution in [3.8, 4) is 0 Å². The summed E-state index contributed by atoms with van der Waals surface area (Å²) in [5.74, 6) is -1.51. The molecule has 0 saturated heterocycles. The lowest BCUT2D eigenvalue weighted by atomic mass is 10.4. The number of hydrazine groups is 1. The van der Waals surface area contributed by atoms with E-state index in [1.54, 1.807) is 0 Å². The zero-order valence-corrected chi connectivity index (χ0v) is 5.93. The molecule has 1 N–H and O–H groups in total. The molecule has 1 rings (SSSR count). The molecule has 62 valence electrons. The fourth-order valence-electron chi connectivity index (χ4n) is 0.981. The third-order valence-corrected chi connectivity index (χ3v) is 1.81. The molecule has 0 aromatic rings. The highest BCUT2D eigenvalue weighted by Gasteiger charge is 2.50. The number of carbonyl (C=O) groups is 1. The van der Waals surface area contributed by atoms with Crippen LogP contribution in [0, 0.1) is 16.0 Å². The van der Waals surface area contributed by atoms with Gasteiger partial charge >= 0.3 is 5.97 Å². The zero-order chi connectivity index (χ0) is 8.59. The number of hydrogen-bond acceptors (Lipinski definition) is 3. The number of aliphatic carboxylic acids is 1. The van der Waals surface area contributed by atoms with Crippen molar-refractivity contribution in [3.05, 3.63) is 10.1 Å². The monoisotopic (exact) mass is 160 g/mol. The van der Waals surface area contributed by atoms with E-state index in [-0.39, 0.29) is 0 Å². The lowest BCUT2D eigenvalue weighted by molar-refractivity contribution is -0.652. The van der Waals surface area contributed by atoms with Crippen molar-refractivity contribution in [2.75, 3.05) is 7.05 Å². The van der Waals surface area contributed by atoms with Crippen LogP contribution in [0.15, 0.2) is 0 Å². The van der Waals surface area contributed by atoms with Crippen molar-refractivity contribution in [1.82, 2.24) is 5.01 Å². The first-order chi connectivity index (χ1) is 5.04. The van der Waals surface area contributed by atoms with Gasteiger partial charge in [0.15, 0.2) is 5.03 Å². The van der Waals surface area contributed by atoms with Gasteiger partial charge in [0.25, 0.3) is 0 Å². The summed E-state index contributed by atoms with van der Waals surface area (Å²) in [6, 6.07) is -0.414. The summed E-state index contributed by atoms with van der Waals surface area (Å²) >= 11 is 0. The van der Waals surface area contributed by atoms with Crippen LogP contribution >= 0.6 is 0 Å². The Hall–Kier alpha value is -1.33. The summed E-state index contributed by atoms with van der Waals surface area (Å²) in [4.78, 5) is 20.3. The molecule has 6 nitrogen and oxygen atoms in total. The van der Waals surface area contributed by atoms with Gasteiger partial charge in [-0.05, 0) is 6.42 Å². The van der Waals surface area contributed by atoms with Gasteiger partial charge in [0.2, 0.25) is 0 Å². The molecule has 1 fully saturated rings. The number of carboxylic acids is 1. The minimum atomic E-state index is -0.955. The van der Waals surface area contributed by atoms with Crippen molar-refractivity contribution >= 4 is 5.97 Å². The topological polar surface area (TPSA) is 83.7 Å². The first-order valence-electron chi connectivity index (χ1n) is 3.14. The highest BCUT2D eigenvalue weighted by Crippen LogP contribution is 2.34. The zero-order valence-electron chi connectivity index (χ0n) is 5.93. The molecule has 0 spiro atoms. The standard InChI is InChI=1S/C5H8N2O4/c1-6(7(10)11)4-2-3(4)5(8)9/h3-4H,2H2,1H3,(H,8,9)/t3-,4+/m0/s1. The Balaban J connectivity index is 2.43. The number of rotatable bonds is 3. The van der Waals surface area contributed by atoms with Crippen molar-refractivity contribution in [1.29, 1.82) is 0 Å². The molecule has 6 heteroatoms. The normalized spacial score (nSPS) is 27.7. The first-order valence-corrected chi connectivity index (χ1v) is 3.14. The highest BCUT2D eigenvalue weighted by molar-refractivity contribution is 5.74. The van der Waals surface area contributed by atoms with E-state index in [4.69, 9.17) is 5.11 Å². The van der Waals surface area contributed by atoms with Crippen LogP contribution in [0.1, 0.15) is 6.42 Å². The summed E-state index contributed by atoms with van der Waals surface area (Å²) in [5, 5.41) is 18.7. The van der Waals surface area contributed by atoms with Gasteiger partial charge in [-0.2, -0.15) is 0 Å². The van der Waals surface area contributed by atoms with E-state index < -0.39 is 23.0 Å². The summed E-state index contributed by atoms with van der Waals surface area (Å²) in [5.41, 5.74) is 0. The lowest BCUT2D eigenvalue weighted by Gasteiger charge is -2.05. The van der Waals surface area contributed by atoms with E-state index in [9.17, 15) is 14.9 Å². The smallest absolute Gasteiger partial charge is 0.308 e. The maximum absolute atomic E-state index is 10.2. The summed E-state index contributed by atoms with van der Waals surface area (Å²) < 4.78 is 0. The van der Waals surface area contributed by atoms with E-state index in [1.807, 2.05) is 0 Å². The summed E-state index contributed by atoms with van der Waals surface area (Å²) in [6.07, 6.45) is 0.382. The Morgan fingerprint density at radius 3 is 2.64 bits per heavy atom. The molecule has 0 aromatic carbocycles. The minimum absolute atomic E-state index is 0.382. The summed E-state index contributed by atoms with van der Waals surface area (Å²) in [7, 11) is 1.29. The maximum atomic E-state index is 10.2. The molecule has 0 aliphatic heterocycles. The van der Waals surface area contributed by atoms with Crippen molar-refractivity contribution in [2.24, 2.45) is 5.92 Å². The van der Waals surface area contributed by atoms with Crippen LogP contribution in [0.25, 0.3) is 0 Å². The fourth-order valence-corrected chi connectivity index (χ4v) is 0.981. The second kappa shape index (κ2) is 2.37. The Kier molecular flexibility index (Phi) is 1.67. The molecule has 0 radical (unpaired) electrons. The van der Waals surface area contributed by atoms with E-state index in [0.29, 0.717) is 6.42 Å². The van der Waals surface area contributed by atoms with Gasteiger partial charge in [0, 0.05) is 0 Å². The lowest BCUT2D eigenvalue weighted by Crippen LogP contribution is -2.29. The predicted octanol–water partition coefficient (Wildman–Crippen LogP) is -0.417. The average molecular weight is 160 g/mol. The molecule has 0 unspecified atom stereocenters. The number of carboxylic acid groups (broad SMARTS) is 1. The Labute approximate surface area is 62.5 Å². The Morgan fingerprint density at radius 1 is 1.82 bits per heavy atom. The van der Waals surface area contributed by atoms with Gasteiger partial charge in [-0.1, -0.05) is 0 Å². The van der Waals surface area contributed by atoms with Gasteiger partial charge in [-0.3, -0.25) is 4.79 Å². The molecule has 0 aromatic heterocycles. The molecule has 0 amide bonds. The number of hydrogen-bond donors (Lipinski definition) is 1. The second-order valence-corrected chi connectivity index (χ2v) is 2.56. The molecule has 2 atom stereocenters. The van der Waals surface area contributed by atoms with Crippen LogP contribution in [0.5, 0.6) is 0 Å². The van der Waals surface area contributed by atoms with Crippen molar-refractivity contribution < 1.29 is 14.9 Å². The van der Waals surface area contributed by atoms with E-state index in [0.717, 1.165) is 5.01 Å². The van der Waals surface area contributed by atoms with Crippen LogP contribution in [0.4, 0.5) is 0 Å². The van der Waals surface area contributed by atoms with E-state index in [2.05, 4.69) is 0 Å². The average Bonchev–Trinajstić information content (AvgIpc) is 2.63. The SMILES string of the molecule is CN([C@@H]1C[C@@H]1C(=O)O)[N+](=O)[O-]. The van der Waals surface area contributed by atoms with Gasteiger partial charge in [0.1, 0.15) is 6.04 Å². The predicted molar refractivity (Wildman–Crippen MR) is 34.3 cm³/mol. The minimum Gasteiger partial charge on any atom is -0.481 e. The second-order valence-electron chi connectivity index (χ2n) is 2.56. The van der Waals surface area contributed by atoms with E-state index in [1.165, 1.54) is 7.05 Å². The van der Waals surface area contributed by atoms with Crippen LogP contribution < -0.4 is 0 Å². The van der Waals surface area contributed by atoms with Gasteiger partial charge in [-0.15, -0.1) is 5.01 Å². The molecular formula is C5H8N2O4. The van der Waals surface area contributed by atoms with Gasteiger partial charge in [0.05, 0.1) is 13.0 Å². The highest BCUT2D eigenvalue weighted by atomic mass is 16.7. The maximum Gasteiger partial charge on any atom is 0.308 e. The Morgan fingerprint density at radius 2 is 2.36 bits per heavy atom. The first kappa shape index (κ1) is 7.77. The quantitative estimate of drug-likeness (QED) is 0.448. The Bertz CT molecular complexity index is 205. The molecule has 11 heavy (non-hydrogen) atoms. The number of nitro groups is 1. The van der Waals surface area contributed by atoms with Crippen LogP contribution in [-0.2, 0) is 4.79 Å². The fraction of sp³-hybridized carbons (Fsp3) is 0.800. The van der Waals surface area contributed by atoms with Crippen LogP contribution in [0.2, 0.25) is 0 Å². The van der Waals surface area contributed by atoms with Gasteiger partial charge < -0.3 is 5.11 Å². The van der Waals surface area contributed by atoms with Crippen molar-refractivity contribution in [3.63, 3.8) is 0 Å². The third-order valence-electron chi connectivity index (χ3n) is 1.81. The summed E-state index contributed by atoms with van der Waals surface area (Å²) in [6.45, 7) is 0. The molecule has 1 saturated carbocycles. The van der Waals surface area contributed by atoms with Crippen LogP contribution in [0.3, 0.4) is 0 Å². The molecule has 1 aliphatic rings. The molecule has 0 bridgehead atoms.